The third kappa shape index (κ3) is 7.08. The second-order valence-electron chi connectivity index (χ2n) is 6.16. The minimum Gasteiger partial charge on any atom is -0.444 e. The van der Waals surface area contributed by atoms with Crippen LogP contribution in [-0.2, 0) is 16.0 Å². The van der Waals surface area contributed by atoms with Gasteiger partial charge in [0, 0.05) is 25.2 Å². The first kappa shape index (κ1) is 18.0. The van der Waals surface area contributed by atoms with Crippen molar-refractivity contribution in [2.45, 2.75) is 45.8 Å². The molecule has 122 valence electrons. The summed E-state index contributed by atoms with van der Waals surface area (Å²) in [5.74, 6) is -0.126. The van der Waals surface area contributed by atoms with Gasteiger partial charge in [-0.3, -0.25) is 4.79 Å². The van der Waals surface area contributed by atoms with Gasteiger partial charge in [0.05, 0.1) is 0 Å². The van der Waals surface area contributed by atoms with Gasteiger partial charge in [-0.15, -0.1) is 0 Å². The van der Waals surface area contributed by atoms with Gasteiger partial charge in [0.1, 0.15) is 5.60 Å². The van der Waals surface area contributed by atoms with Gasteiger partial charge in [0.2, 0.25) is 5.91 Å². The van der Waals surface area contributed by atoms with Crippen molar-refractivity contribution in [1.29, 1.82) is 0 Å². The SMILES string of the molecule is CC(=O)Nc1cccc(CC(CN)NC(=O)OC(C)(C)C)c1. The van der Waals surface area contributed by atoms with Crippen LogP contribution in [0.2, 0.25) is 0 Å². The summed E-state index contributed by atoms with van der Waals surface area (Å²) >= 11 is 0. The molecule has 0 saturated heterocycles. The van der Waals surface area contributed by atoms with Gasteiger partial charge in [-0.05, 0) is 44.9 Å². The molecule has 0 aliphatic carbocycles. The molecule has 1 rings (SSSR count). The molecule has 6 heteroatoms. The number of rotatable bonds is 5. The Morgan fingerprint density at radius 2 is 2.00 bits per heavy atom. The molecule has 0 aliphatic rings. The minimum absolute atomic E-state index is 0.126. The Hall–Kier alpha value is -2.08. The van der Waals surface area contributed by atoms with Crippen molar-refractivity contribution in [2.75, 3.05) is 11.9 Å². The Morgan fingerprint density at radius 3 is 2.55 bits per heavy atom. The highest BCUT2D eigenvalue weighted by atomic mass is 16.6. The second kappa shape index (κ2) is 7.79. The van der Waals surface area contributed by atoms with Crippen LogP contribution in [0.25, 0.3) is 0 Å². The summed E-state index contributed by atoms with van der Waals surface area (Å²) in [5, 5.41) is 5.48. The number of amides is 2. The van der Waals surface area contributed by atoms with Crippen molar-refractivity contribution in [3.63, 3.8) is 0 Å². The van der Waals surface area contributed by atoms with Crippen LogP contribution < -0.4 is 16.4 Å². The molecule has 0 bridgehead atoms. The lowest BCUT2D eigenvalue weighted by molar-refractivity contribution is -0.114. The third-order valence-electron chi connectivity index (χ3n) is 2.73. The molecule has 0 aromatic heterocycles. The predicted molar refractivity (Wildman–Crippen MR) is 86.7 cm³/mol. The average molecular weight is 307 g/mol. The Balaban J connectivity index is 2.66. The fourth-order valence-electron chi connectivity index (χ4n) is 1.93. The molecule has 1 aromatic carbocycles. The zero-order chi connectivity index (χ0) is 16.8. The molecular formula is C16H25N3O3. The summed E-state index contributed by atoms with van der Waals surface area (Å²) in [6.07, 6.45) is 0.0735. The van der Waals surface area contributed by atoms with Crippen molar-refractivity contribution in [3.8, 4) is 0 Å². The molecule has 0 saturated carbocycles. The highest BCUT2D eigenvalue weighted by Crippen LogP contribution is 2.13. The summed E-state index contributed by atoms with van der Waals surface area (Å²) in [7, 11) is 0. The molecular weight excluding hydrogens is 282 g/mol. The van der Waals surface area contributed by atoms with Crippen LogP contribution in [-0.4, -0.2) is 30.2 Å². The van der Waals surface area contributed by atoms with Gasteiger partial charge in [-0.1, -0.05) is 12.1 Å². The van der Waals surface area contributed by atoms with E-state index >= 15 is 0 Å². The number of nitrogens with two attached hydrogens (primary N) is 1. The molecule has 0 aliphatic heterocycles. The van der Waals surface area contributed by atoms with Crippen molar-refractivity contribution in [1.82, 2.24) is 5.32 Å². The first-order chi connectivity index (χ1) is 10.2. The summed E-state index contributed by atoms with van der Waals surface area (Å²) in [6.45, 7) is 7.17. The van der Waals surface area contributed by atoms with Crippen molar-refractivity contribution >= 4 is 17.7 Å². The van der Waals surface area contributed by atoms with Crippen LogP contribution in [0.15, 0.2) is 24.3 Å². The number of nitrogens with one attached hydrogen (secondary N) is 2. The Morgan fingerprint density at radius 1 is 1.32 bits per heavy atom. The number of alkyl carbamates (subject to hydrolysis) is 1. The van der Waals surface area contributed by atoms with Gasteiger partial charge in [0.15, 0.2) is 0 Å². The second-order valence-corrected chi connectivity index (χ2v) is 6.16. The minimum atomic E-state index is -0.547. The maximum Gasteiger partial charge on any atom is 0.407 e. The van der Waals surface area contributed by atoms with Gasteiger partial charge < -0.3 is 21.1 Å². The van der Waals surface area contributed by atoms with Crippen LogP contribution >= 0.6 is 0 Å². The van der Waals surface area contributed by atoms with Crippen LogP contribution in [0.1, 0.15) is 33.3 Å². The van der Waals surface area contributed by atoms with E-state index < -0.39 is 11.7 Å². The molecule has 2 amide bonds. The van der Waals surface area contributed by atoms with Crippen LogP contribution in [0.4, 0.5) is 10.5 Å². The van der Waals surface area contributed by atoms with E-state index in [1.165, 1.54) is 6.92 Å². The van der Waals surface area contributed by atoms with Crippen molar-refractivity contribution < 1.29 is 14.3 Å². The van der Waals surface area contributed by atoms with E-state index in [1.54, 1.807) is 20.8 Å². The zero-order valence-electron chi connectivity index (χ0n) is 13.6. The Bertz CT molecular complexity index is 524. The van der Waals surface area contributed by atoms with Gasteiger partial charge >= 0.3 is 6.09 Å². The summed E-state index contributed by atoms with van der Waals surface area (Å²) in [4.78, 5) is 22.9. The van der Waals surface area contributed by atoms with E-state index in [2.05, 4.69) is 10.6 Å². The highest BCUT2D eigenvalue weighted by Gasteiger charge is 2.19. The number of ether oxygens (including phenoxy) is 1. The molecule has 6 nitrogen and oxygen atoms in total. The average Bonchev–Trinajstić information content (AvgIpc) is 2.35. The van der Waals surface area contributed by atoms with Crippen LogP contribution in [0.3, 0.4) is 0 Å². The molecule has 0 radical (unpaired) electrons. The lowest BCUT2D eigenvalue weighted by Gasteiger charge is -2.23. The number of hydrogen-bond acceptors (Lipinski definition) is 4. The Labute approximate surface area is 131 Å². The summed E-state index contributed by atoms with van der Waals surface area (Å²) < 4.78 is 5.22. The largest absolute Gasteiger partial charge is 0.444 e. The standard InChI is InChI=1S/C16H25N3O3/c1-11(20)18-13-7-5-6-12(8-13)9-14(10-17)19-15(21)22-16(2,3)4/h5-8,14H,9-10,17H2,1-4H3,(H,18,20)(H,19,21). The molecule has 0 spiro atoms. The molecule has 4 N–H and O–H groups in total. The summed E-state index contributed by atoms with van der Waals surface area (Å²) in [6, 6.07) is 7.21. The van der Waals surface area contributed by atoms with Gasteiger partial charge in [0.25, 0.3) is 0 Å². The number of carbonyl (C=O) groups excluding carboxylic acids is 2. The van der Waals surface area contributed by atoms with E-state index in [0.717, 1.165) is 11.3 Å². The lowest BCUT2D eigenvalue weighted by atomic mass is 10.1. The maximum atomic E-state index is 11.8. The van der Waals surface area contributed by atoms with E-state index in [4.69, 9.17) is 10.5 Å². The third-order valence-corrected chi connectivity index (χ3v) is 2.73. The number of benzene rings is 1. The quantitative estimate of drug-likeness (QED) is 0.776. The van der Waals surface area contributed by atoms with E-state index in [9.17, 15) is 9.59 Å². The predicted octanol–water partition coefficient (Wildman–Crippen LogP) is 2.04. The smallest absolute Gasteiger partial charge is 0.407 e. The number of carbonyl (C=O) groups is 2. The van der Waals surface area contributed by atoms with E-state index in [1.807, 2.05) is 24.3 Å². The molecule has 1 unspecified atom stereocenters. The van der Waals surface area contributed by atoms with E-state index in [-0.39, 0.29) is 11.9 Å². The number of anilines is 1. The molecule has 0 fully saturated rings. The monoisotopic (exact) mass is 307 g/mol. The zero-order valence-corrected chi connectivity index (χ0v) is 13.6. The van der Waals surface area contributed by atoms with Crippen molar-refractivity contribution in [3.05, 3.63) is 29.8 Å². The van der Waals surface area contributed by atoms with E-state index in [0.29, 0.717) is 13.0 Å². The molecule has 0 heterocycles. The number of hydrogen-bond donors (Lipinski definition) is 3. The van der Waals surface area contributed by atoms with Crippen molar-refractivity contribution in [2.24, 2.45) is 5.73 Å². The van der Waals surface area contributed by atoms with Crippen LogP contribution in [0.5, 0.6) is 0 Å². The topological polar surface area (TPSA) is 93.5 Å². The van der Waals surface area contributed by atoms with Gasteiger partial charge in [-0.2, -0.15) is 0 Å². The molecule has 1 atom stereocenters. The maximum absolute atomic E-state index is 11.8. The highest BCUT2D eigenvalue weighted by molar-refractivity contribution is 5.88. The first-order valence-corrected chi connectivity index (χ1v) is 7.25. The fraction of sp³-hybridized carbons (Fsp3) is 0.500. The van der Waals surface area contributed by atoms with Gasteiger partial charge in [-0.25, -0.2) is 4.79 Å². The molecule has 1 aromatic rings. The lowest BCUT2D eigenvalue weighted by Crippen LogP contribution is -2.44. The first-order valence-electron chi connectivity index (χ1n) is 7.25. The normalized spacial score (nSPS) is 12.4. The van der Waals surface area contributed by atoms with Crippen LogP contribution in [0, 0.1) is 0 Å². The Kier molecular flexibility index (Phi) is 6.37. The summed E-state index contributed by atoms with van der Waals surface area (Å²) in [5.41, 5.74) is 6.85. The fourth-order valence-corrected chi connectivity index (χ4v) is 1.93. The molecule has 22 heavy (non-hydrogen) atoms.